The van der Waals surface area contributed by atoms with Gasteiger partial charge in [-0.2, -0.15) is 0 Å². The van der Waals surface area contributed by atoms with Gasteiger partial charge < -0.3 is 14.8 Å². The first-order valence-corrected chi connectivity index (χ1v) is 6.12. The summed E-state index contributed by atoms with van der Waals surface area (Å²) in [4.78, 5) is 22.0. The van der Waals surface area contributed by atoms with Gasteiger partial charge in [0.1, 0.15) is 11.7 Å². The predicted molar refractivity (Wildman–Crippen MR) is 61.6 cm³/mol. The number of nitrogens with one attached hydrogen (secondary N) is 1. The van der Waals surface area contributed by atoms with E-state index in [1.165, 1.54) is 24.4 Å². The maximum absolute atomic E-state index is 11.5. The van der Waals surface area contributed by atoms with Gasteiger partial charge in [-0.25, -0.2) is 9.97 Å². The summed E-state index contributed by atoms with van der Waals surface area (Å²) in [5, 5.41) is 9.00. The van der Waals surface area contributed by atoms with Gasteiger partial charge in [0.25, 0.3) is 5.56 Å². The first-order valence-electron chi connectivity index (χ1n) is 5.07. The fourth-order valence-electron chi connectivity index (χ4n) is 1.76. The van der Waals surface area contributed by atoms with E-state index in [2.05, 4.69) is 15.0 Å². The zero-order valence-corrected chi connectivity index (χ0v) is 9.55. The molecule has 0 radical (unpaired) electrons. The molecule has 3 heterocycles. The molecule has 1 saturated heterocycles. The Bertz CT molecular complexity index is 595. The number of aromatic amines is 1. The third-order valence-corrected chi connectivity index (χ3v) is 3.67. The van der Waals surface area contributed by atoms with Crippen molar-refractivity contribution in [2.24, 2.45) is 0 Å². The number of hydrogen-bond donors (Lipinski definition) is 2. The minimum absolute atomic E-state index is 0.0260. The summed E-state index contributed by atoms with van der Waals surface area (Å²) in [6, 6.07) is 0. The van der Waals surface area contributed by atoms with Crippen molar-refractivity contribution in [1.82, 2.24) is 19.5 Å². The summed E-state index contributed by atoms with van der Waals surface area (Å²) in [5.41, 5.74) is 0.309. The Morgan fingerprint density at radius 3 is 3.29 bits per heavy atom. The normalized spacial score (nSPS) is 24.5. The Labute approximate surface area is 99.8 Å². The van der Waals surface area contributed by atoms with Crippen LogP contribution in [0.15, 0.2) is 17.4 Å². The Morgan fingerprint density at radius 2 is 2.53 bits per heavy atom. The van der Waals surface area contributed by atoms with Crippen LogP contribution in [0.4, 0.5) is 0 Å². The minimum Gasteiger partial charge on any atom is -0.393 e. The van der Waals surface area contributed by atoms with E-state index in [1.807, 2.05) is 0 Å². The first-order chi connectivity index (χ1) is 8.29. The molecular formula is C9H10N4O3S. The second kappa shape index (κ2) is 4.13. The van der Waals surface area contributed by atoms with E-state index in [0.29, 0.717) is 16.9 Å². The number of imidazole rings is 1. The molecule has 0 aromatic carbocycles. The average Bonchev–Trinajstić information content (AvgIpc) is 2.94. The van der Waals surface area contributed by atoms with Gasteiger partial charge >= 0.3 is 0 Å². The molecule has 2 atom stereocenters. The second-order valence-electron chi connectivity index (χ2n) is 3.59. The molecule has 0 bridgehead atoms. The van der Waals surface area contributed by atoms with E-state index < -0.39 is 0 Å². The van der Waals surface area contributed by atoms with Crippen LogP contribution in [-0.2, 0) is 4.74 Å². The van der Waals surface area contributed by atoms with Crippen molar-refractivity contribution < 1.29 is 9.84 Å². The van der Waals surface area contributed by atoms with Crippen LogP contribution >= 0.6 is 11.8 Å². The number of aliphatic hydroxyl groups is 1. The smallest absolute Gasteiger partial charge is 0.278 e. The maximum atomic E-state index is 11.5. The highest BCUT2D eigenvalue weighted by atomic mass is 32.2. The third-order valence-electron chi connectivity index (χ3n) is 2.56. The van der Waals surface area contributed by atoms with E-state index >= 15 is 0 Å². The van der Waals surface area contributed by atoms with Crippen molar-refractivity contribution in [1.29, 1.82) is 0 Å². The number of H-pyrrole nitrogens is 1. The molecule has 0 spiro atoms. The van der Waals surface area contributed by atoms with Crippen LogP contribution in [0.3, 0.4) is 0 Å². The second-order valence-corrected chi connectivity index (χ2v) is 4.78. The lowest BCUT2D eigenvalue weighted by atomic mass is 10.5. The molecule has 8 heteroatoms. The first kappa shape index (κ1) is 10.8. The van der Waals surface area contributed by atoms with E-state index in [-0.39, 0.29) is 23.8 Å². The van der Waals surface area contributed by atoms with Crippen LogP contribution < -0.4 is 5.56 Å². The molecule has 1 aliphatic heterocycles. The molecule has 7 nitrogen and oxygen atoms in total. The number of fused-ring (bicyclic) bond motifs is 1. The number of aromatic nitrogens is 4. The van der Waals surface area contributed by atoms with Crippen LogP contribution in [-0.4, -0.2) is 42.4 Å². The number of rotatable bonds is 2. The standard InChI is InChI=1S/C9H10N4O3S/c14-1-6-16-5(2-17-6)13-4-12-7-8(13)10-3-11-9(7)15/h3-6,14H,1-2H2,(H,10,11,15)/t5-,6?/m0/s1. The summed E-state index contributed by atoms with van der Waals surface area (Å²) in [7, 11) is 0. The number of ether oxygens (including phenoxy) is 1. The molecule has 2 aromatic rings. The Kier molecular flexibility index (Phi) is 2.61. The van der Waals surface area contributed by atoms with Crippen molar-refractivity contribution in [3.8, 4) is 0 Å². The van der Waals surface area contributed by atoms with E-state index in [1.54, 1.807) is 4.57 Å². The maximum Gasteiger partial charge on any atom is 0.278 e. The zero-order valence-electron chi connectivity index (χ0n) is 8.74. The predicted octanol–water partition coefficient (Wildman–Crippen LogP) is -0.300. The number of nitrogens with zero attached hydrogens (tertiary/aromatic N) is 3. The van der Waals surface area contributed by atoms with Crippen LogP contribution in [0.5, 0.6) is 0 Å². The van der Waals surface area contributed by atoms with Crippen LogP contribution in [0.25, 0.3) is 11.2 Å². The van der Waals surface area contributed by atoms with E-state index in [9.17, 15) is 4.79 Å². The highest BCUT2D eigenvalue weighted by Gasteiger charge is 2.28. The summed E-state index contributed by atoms with van der Waals surface area (Å²) >= 11 is 1.53. The summed E-state index contributed by atoms with van der Waals surface area (Å²) in [6.45, 7) is -0.0260. The molecule has 0 saturated carbocycles. The molecule has 1 fully saturated rings. The molecule has 17 heavy (non-hydrogen) atoms. The molecule has 0 amide bonds. The van der Waals surface area contributed by atoms with Gasteiger partial charge in [-0.3, -0.25) is 9.36 Å². The summed E-state index contributed by atoms with van der Waals surface area (Å²) in [5.74, 6) is 0.700. The van der Waals surface area contributed by atoms with Crippen LogP contribution in [0.1, 0.15) is 6.23 Å². The summed E-state index contributed by atoms with van der Waals surface area (Å²) in [6.07, 6.45) is 2.64. The minimum atomic E-state index is -0.266. The van der Waals surface area contributed by atoms with Gasteiger partial charge in [0.05, 0.1) is 19.3 Å². The van der Waals surface area contributed by atoms with E-state index in [4.69, 9.17) is 9.84 Å². The Morgan fingerprint density at radius 1 is 1.65 bits per heavy atom. The van der Waals surface area contributed by atoms with Gasteiger partial charge in [-0.1, -0.05) is 0 Å². The van der Waals surface area contributed by atoms with E-state index in [0.717, 1.165) is 0 Å². The number of thioether (sulfide) groups is 1. The molecular weight excluding hydrogens is 244 g/mol. The molecule has 0 aliphatic carbocycles. The van der Waals surface area contributed by atoms with Gasteiger partial charge in [0.2, 0.25) is 0 Å². The van der Waals surface area contributed by atoms with Crippen molar-refractivity contribution in [3.05, 3.63) is 23.0 Å². The fraction of sp³-hybridized carbons (Fsp3) is 0.444. The third kappa shape index (κ3) is 1.74. The zero-order chi connectivity index (χ0) is 11.8. The quantitative estimate of drug-likeness (QED) is 0.764. The average molecular weight is 254 g/mol. The Balaban J connectivity index is 2.02. The SMILES string of the molecule is O=c1[nH]cnc2c1ncn2[C@@H]1CSC(CO)O1. The number of hydrogen-bond acceptors (Lipinski definition) is 6. The largest absolute Gasteiger partial charge is 0.393 e. The lowest BCUT2D eigenvalue weighted by Gasteiger charge is -2.12. The van der Waals surface area contributed by atoms with Crippen molar-refractivity contribution in [3.63, 3.8) is 0 Å². The van der Waals surface area contributed by atoms with Crippen LogP contribution in [0, 0.1) is 0 Å². The monoisotopic (exact) mass is 254 g/mol. The molecule has 1 unspecified atom stereocenters. The highest BCUT2D eigenvalue weighted by Crippen LogP contribution is 2.32. The van der Waals surface area contributed by atoms with Gasteiger partial charge in [-0.15, -0.1) is 11.8 Å². The van der Waals surface area contributed by atoms with Gasteiger partial charge in [-0.05, 0) is 0 Å². The lowest BCUT2D eigenvalue weighted by molar-refractivity contribution is -0.00191. The molecule has 2 aromatic heterocycles. The molecule has 90 valence electrons. The van der Waals surface area contributed by atoms with Gasteiger partial charge in [0.15, 0.2) is 11.2 Å². The molecule has 1 aliphatic rings. The van der Waals surface area contributed by atoms with Crippen molar-refractivity contribution in [2.45, 2.75) is 11.7 Å². The topological polar surface area (TPSA) is 93.0 Å². The van der Waals surface area contributed by atoms with Crippen molar-refractivity contribution in [2.75, 3.05) is 12.4 Å². The highest BCUT2D eigenvalue weighted by molar-refractivity contribution is 8.00. The molecule has 2 N–H and O–H groups in total. The lowest BCUT2D eigenvalue weighted by Crippen LogP contribution is -2.15. The van der Waals surface area contributed by atoms with Gasteiger partial charge in [0, 0.05) is 5.75 Å². The van der Waals surface area contributed by atoms with Crippen molar-refractivity contribution >= 4 is 22.9 Å². The summed E-state index contributed by atoms with van der Waals surface area (Å²) < 4.78 is 7.30. The molecule has 3 rings (SSSR count). The fourth-order valence-corrected chi connectivity index (χ4v) is 2.69. The Hall–Kier alpha value is -1.38. The number of aliphatic hydroxyl groups excluding tert-OH is 1. The van der Waals surface area contributed by atoms with Crippen LogP contribution in [0.2, 0.25) is 0 Å².